The third kappa shape index (κ3) is 29.0. The molecule has 349 valence electrons. The van der Waals surface area contributed by atoms with E-state index in [1.54, 1.807) is 0 Å². The van der Waals surface area contributed by atoms with Gasteiger partial charge in [-0.15, -0.1) is 10.3 Å². The van der Waals surface area contributed by atoms with Crippen LogP contribution in [-0.4, -0.2) is 93.0 Å². The van der Waals surface area contributed by atoms with E-state index in [1.807, 2.05) is 35.0 Å². The molecular formula is C46H90N2O10P. The van der Waals surface area contributed by atoms with Crippen LogP contribution in [0.3, 0.4) is 0 Å². The number of quaternary nitrogens is 1. The van der Waals surface area contributed by atoms with Crippen molar-refractivity contribution in [2.75, 3.05) is 54.1 Å². The Morgan fingerprint density at radius 1 is 0.661 bits per heavy atom. The quantitative estimate of drug-likeness (QED) is 0.0253. The van der Waals surface area contributed by atoms with Gasteiger partial charge < -0.3 is 32.6 Å². The van der Waals surface area contributed by atoms with E-state index in [1.165, 1.54) is 82.1 Å². The number of rotatable bonds is 40. The number of ether oxygens (including phenoxy) is 3. The van der Waals surface area contributed by atoms with Gasteiger partial charge in [-0.3, -0.25) is 14.2 Å². The molecule has 0 aromatic heterocycles. The van der Waals surface area contributed by atoms with E-state index in [9.17, 15) is 24.3 Å². The van der Waals surface area contributed by atoms with E-state index >= 15 is 0 Å². The Labute approximate surface area is 361 Å². The Morgan fingerprint density at radius 3 is 1.53 bits per heavy atom. The molecule has 0 spiro atoms. The number of phosphoric acid groups is 1. The summed E-state index contributed by atoms with van der Waals surface area (Å²) in [5, 5.41) is 14.4. The predicted molar refractivity (Wildman–Crippen MR) is 234 cm³/mol. The second-order valence-electron chi connectivity index (χ2n) is 18.9. The van der Waals surface area contributed by atoms with Crippen LogP contribution in [0.5, 0.6) is 0 Å². The van der Waals surface area contributed by atoms with Crippen molar-refractivity contribution in [3.63, 3.8) is 0 Å². The van der Waals surface area contributed by atoms with Gasteiger partial charge in [0.1, 0.15) is 25.5 Å². The molecular weight excluding hydrogens is 771 g/mol. The van der Waals surface area contributed by atoms with E-state index in [0.717, 1.165) is 89.9 Å². The van der Waals surface area contributed by atoms with Gasteiger partial charge in [-0.25, -0.2) is 0 Å². The average molecular weight is 862 g/mol. The van der Waals surface area contributed by atoms with Crippen LogP contribution >= 0.6 is 7.82 Å². The van der Waals surface area contributed by atoms with E-state index in [0.29, 0.717) is 24.1 Å². The van der Waals surface area contributed by atoms with Gasteiger partial charge in [0.15, 0.2) is 6.10 Å². The van der Waals surface area contributed by atoms with E-state index in [-0.39, 0.29) is 26.1 Å². The van der Waals surface area contributed by atoms with Gasteiger partial charge in [-0.05, 0) is 52.4 Å². The Morgan fingerprint density at radius 2 is 1.08 bits per heavy atom. The largest absolute Gasteiger partial charge is 0.756 e. The highest BCUT2D eigenvalue weighted by Crippen LogP contribution is 2.41. The van der Waals surface area contributed by atoms with Gasteiger partial charge in [0, 0.05) is 12.8 Å². The third-order valence-corrected chi connectivity index (χ3v) is 12.3. The van der Waals surface area contributed by atoms with Gasteiger partial charge >= 0.3 is 11.9 Å². The van der Waals surface area contributed by atoms with Gasteiger partial charge in [-0.2, -0.15) is 0 Å². The third-order valence-electron chi connectivity index (χ3n) is 11.4. The fraction of sp³-hybridized carbons (Fsp3) is 0.957. The molecule has 0 N–H and O–H groups in total. The molecule has 0 aliphatic carbocycles. The van der Waals surface area contributed by atoms with Crippen LogP contribution < -0.4 is 4.89 Å². The minimum Gasteiger partial charge on any atom is -0.756 e. The molecule has 1 aliphatic rings. The Bertz CT molecular complexity index is 1120. The molecule has 59 heavy (non-hydrogen) atoms. The summed E-state index contributed by atoms with van der Waals surface area (Å²) in [6.07, 6.45) is 29.0. The summed E-state index contributed by atoms with van der Waals surface area (Å²) < 4.78 is 40.2. The topological polar surface area (TPSA) is 144 Å². The minimum atomic E-state index is -4.65. The Hall–Kier alpha value is -1.11. The van der Waals surface area contributed by atoms with Gasteiger partial charge in [0.25, 0.3) is 7.82 Å². The van der Waals surface area contributed by atoms with Gasteiger partial charge in [0.05, 0.1) is 39.9 Å². The zero-order valence-electron chi connectivity index (χ0n) is 39.0. The van der Waals surface area contributed by atoms with Crippen molar-refractivity contribution in [1.29, 1.82) is 0 Å². The van der Waals surface area contributed by atoms with Crippen molar-refractivity contribution in [1.82, 2.24) is 5.06 Å². The lowest BCUT2D eigenvalue weighted by Crippen LogP contribution is -2.49. The first kappa shape index (κ1) is 55.9. The summed E-state index contributed by atoms with van der Waals surface area (Å²) in [6.45, 7) is 8.51. The summed E-state index contributed by atoms with van der Waals surface area (Å²) in [5.41, 5.74) is -1.16. The van der Waals surface area contributed by atoms with Crippen LogP contribution in [0.15, 0.2) is 0 Å². The number of likely N-dealkylation sites (N-methyl/N-ethyl adjacent to an activating group) is 1. The minimum absolute atomic E-state index is 0.0453. The number of hydrogen-bond donors (Lipinski definition) is 0. The molecule has 1 saturated heterocycles. The fourth-order valence-corrected chi connectivity index (χ4v) is 8.28. The smallest absolute Gasteiger partial charge is 0.306 e. The Kier molecular flexibility index (Phi) is 30.8. The first-order valence-electron chi connectivity index (χ1n) is 23.9. The lowest BCUT2D eigenvalue weighted by Gasteiger charge is -2.35. The molecule has 1 rings (SSSR count). The number of carbonyl (C=O) groups excluding carboxylic acids is 2. The highest BCUT2D eigenvalue weighted by molar-refractivity contribution is 7.45. The summed E-state index contributed by atoms with van der Waals surface area (Å²) in [5.74, 6) is -0.880. The maximum Gasteiger partial charge on any atom is 0.306 e. The molecule has 0 bridgehead atoms. The van der Waals surface area contributed by atoms with Crippen molar-refractivity contribution in [3.05, 3.63) is 0 Å². The number of hydroxylamine groups is 2. The van der Waals surface area contributed by atoms with Crippen LogP contribution in [0.25, 0.3) is 0 Å². The molecule has 2 unspecified atom stereocenters. The van der Waals surface area contributed by atoms with Crippen LogP contribution in [0.4, 0.5) is 0 Å². The van der Waals surface area contributed by atoms with Crippen molar-refractivity contribution in [2.24, 2.45) is 0 Å². The molecule has 3 atom stereocenters. The molecule has 13 heteroatoms. The monoisotopic (exact) mass is 862 g/mol. The van der Waals surface area contributed by atoms with Crippen LogP contribution in [-0.2, 0) is 42.6 Å². The first-order chi connectivity index (χ1) is 28.1. The van der Waals surface area contributed by atoms with Gasteiger partial charge in [0.2, 0.25) is 0 Å². The molecule has 1 aliphatic heterocycles. The fourth-order valence-electron chi connectivity index (χ4n) is 7.56. The number of carbonyl (C=O) groups is 2. The van der Waals surface area contributed by atoms with Crippen molar-refractivity contribution >= 4 is 19.8 Å². The zero-order chi connectivity index (χ0) is 43.9. The second-order valence-corrected chi connectivity index (χ2v) is 20.3. The molecule has 1 radical (unpaired) electrons. The number of unbranched alkanes of at least 4 members (excludes halogenated alkanes) is 22. The molecule has 0 aromatic rings. The van der Waals surface area contributed by atoms with E-state index in [2.05, 4.69) is 13.8 Å². The lowest BCUT2D eigenvalue weighted by molar-refractivity contribution is -0.870. The molecule has 12 nitrogen and oxygen atoms in total. The molecule has 1 heterocycles. The lowest BCUT2D eigenvalue weighted by atomic mass is 9.95. The average Bonchev–Trinajstić information content (AvgIpc) is 3.40. The standard InChI is InChI=1S/C46H90N2O10P/c1-8-10-12-14-15-16-17-18-19-20-23-26-29-33-43(49)54-39-42(40-57-59(52,53)56-38-37-48(5,6)7)58-44(50)34-30-27-24-21-22-25-28-32-36-46(35-31-13-11-9-2)47(51)45(3,4)41-55-46/h42H,8-41H2,1-7H3/t42-,46?/m1/s1. The SMILES string of the molecule is CCCCCCCCCCCCCCCC(=O)OC[C@H](COP(=O)([O-])OCC[N+](C)(C)C)OC(=O)CCCCCCCCCCC1(CCCCCC)OCC(C)(C)N1[O]. The highest BCUT2D eigenvalue weighted by Gasteiger charge is 2.51. The molecule has 0 amide bonds. The summed E-state index contributed by atoms with van der Waals surface area (Å²) in [4.78, 5) is 37.7. The maximum absolute atomic E-state index is 13.2. The van der Waals surface area contributed by atoms with Crippen molar-refractivity contribution < 1.29 is 52.0 Å². The van der Waals surface area contributed by atoms with Crippen LogP contribution in [0.2, 0.25) is 0 Å². The van der Waals surface area contributed by atoms with E-state index in [4.69, 9.17) is 23.3 Å². The second kappa shape index (κ2) is 32.5. The number of phosphoric ester groups is 1. The summed E-state index contributed by atoms with van der Waals surface area (Å²) in [6, 6.07) is 0. The Balaban J connectivity index is 2.38. The number of esters is 2. The van der Waals surface area contributed by atoms with Crippen molar-refractivity contribution in [3.8, 4) is 0 Å². The zero-order valence-corrected chi connectivity index (χ0v) is 39.9. The normalized spacial score (nSPS) is 18.5. The molecule has 0 saturated carbocycles. The maximum atomic E-state index is 13.2. The number of hydrogen-bond acceptors (Lipinski definition) is 10. The summed E-state index contributed by atoms with van der Waals surface area (Å²) in [7, 11) is 1.12. The van der Waals surface area contributed by atoms with Gasteiger partial charge in [-0.1, -0.05) is 149 Å². The highest BCUT2D eigenvalue weighted by atomic mass is 31.2. The van der Waals surface area contributed by atoms with E-state index < -0.39 is 43.7 Å². The first-order valence-corrected chi connectivity index (χ1v) is 25.4. The predicted octanol–water partition coefficient (Wildman–Crippen LogP) is 11.2. The van der Waals surface area contributed by atoms with Crippen LogP contribution in [0.1, 0.15) is 214 Å². The number of nitrogens with zero attached hydrogens (tertiary/aromatic N) is 2. The summed E-state index contributed by atoms with van der Waals surface area (Å²) >= 11 is 0. The van der Waals surface area contributed by atoms with Crippen LogP contribution in [0, 0.1) is 0 Å². The molecule has 0 aromatic carbocycles. The van der Waals surface area contributed by atoms with Crippen molar-refractivity contribution in [2.45, 2.75) is 231 Å². The molecule has 1 fully saturated rings.